The van der Waals surface area contributed by atoms with Crippen LogP contribution in [0.4, 0.5) is 0 Å². The smallest absolute Gasteiger partial charge is 0.0593 e. The average molecular weight is 322 g/mol. The molecule has 0 spiro atoms. The van der Waals surface area contributed by atoms with E-state index < -0.39 is 0 Å². The van der Waals surface area contributed by atoms with Gasteiger partial charge in [-0.1, -0.05) is 0 Å². The number of halogens is 1. The van der Waals surface area contributed by atoms with Crippen molar-refractivity contribution in [3.8, 4) is 0 Å². The van der Waals surface area contributed by atoms with Crippen LogP contribution in [-0.2, 0) is 27.6 Å². The Labute approximate surface area is 108 Å². The van der Waals surface area contributed by atoms with Gasteiger partial charge < -0.3 is 9.64 Å². The molecule has 0 aromatic heterocycles. The van der Waals surface area contributed by atoms with E-state index in [1.807, 2.05) is 12.1 Å². The van der Waals surface area contributed by atoms with Gasteiger partial charge in [0.15, 0.2) is 0 Å². The molecule has 0 amide bonds. The molecule has 0 bridgehead atoms. The molecular formula is C11H14BrNOZn. The Kier molecular flexibility index (Phi) is 7.45. The number of rotatable bonds is 2. The molecule has 0 unspecified atom stereocenters. The van der Waals surface area contributed by atoms with Crippen LogP contribution in [0.3, 0.4) is 0 Å². The minimum atomic E-state index is 0.872. The van der Waals surface area contributed by atoms with E-state index in [1.54, 1.807) is 0 Å². The Morgan fingerprint density at radius 2 is 2.13 bits per heavy atom. The Morgan fingerprint density at radius 1 is 1.40 bits per heavy atom. The molecule has 1 saturated heterocycles. The monoisotopic (exact) mass is 319 g/mol. The summed E-state index contributed by atoms with van der Waals surface area (Å²) in [6, 6.07) is 11.3. The fourth-order valence-electron chi connectivity index (χ4n) is 1.55. The van der Waals surface area contributed by atoms with Crippen LogP contribution in [0.25, 0.3) is 0 Å². The Bertz CT molecular complexity index is 252. The Hall–Kier alpha value is 0.243. The summed E-state index contributed by atoms with van der Waals surface area (Å²) in [7, 11) is 0. The van der Waals surface area contributed by atoms with Gasteiger partial charge in [0.2, 0.25) is 0 Å². The van der Waals surface area contributed by atoms with Crippen molar-refractivity contribution in [2.24, 2.45) is 0 Å². The van der Waals surface area contributed by atoms with Crippen LogP contribution in [0, 0.1) is 6.07 Å². The molecule has 0 radical (unpaired) electrons. The van der Waals surface area contributed by atoms with Crippen molar-refractivity contribution < 1.29 is 21.1 Å². The third-order valence-corrected chi connectivity index (χ3v) is 2.28. The minimum absolute atomic E-state index is 0.872. The van der Waals surface area contributed by atoms with E-state index in [2.05, 4.69) is 36.7 Å². The minimum Gasteiger partial charge on any atom is -0.379 e. The third-order valence-electron chi connectivity index (χ3n) is 2.28. The zero-order chi connectivity index (χ0) is 10.9. The number of ether oxygens (including phenoxy) is 1. The van der Waals surface area contributed by atoms with Crippen molar-refractivity contribution in [2.75, 3.05) is 26.3 Å². The second-order valence-electron chi connectivity index (χ2n) is 3.30. The first-order valence-corrected chi connectivity index (χ1v) is 11.9. The van der Waals surface area contributed by atoms with Gasteiger partial charge in [-0.05, 0) is 6.54 Å². The summed E-state index contributed by atoms with van der Waals surface area (Å²) < 4.78 is 5.29. The molecule has 2 rings (SSSR count). The summed E-state index contributed by atoms with van der Waals surface area (Å²) in [6.45, 7) is 4.87. The molecule has 0 atom stereocenters. The Balaban J connectivity index is 0.000000531. The fraction of sp³-hybridized carbons (Fsp3) is 0.455. The Morgan fingerprint density at radius 3 is 2.73 bits per heavy atom. The summed E-state index contributed by atoms with van der Waals surface area (Å²) in [4.78, 5) is 2.41. The summed E-state index contributed by atoms with van der Waals surface area (Å²) in [5.74, 6) is 0. The molecule has 0 N–H and O–H groups in total. The van der Waals surface area contributed by atoms with Crippen LogP contribution >= 0.6 is 13.6 Å². The van der Waals surface area contributed by atoms with Crippen molar-refractivity contribution >= 4 is 13.6 Å². The van der Waals surface area contributed by atoms with E-state index in [9.17, 15) is 0 Å². The van der Waals surface area contributed by atoms with Crippen molar-refractivity contribution in [3.63, 3.8) is 0 Å². The molecule has 1 heterocycles. The number of nitrogens with zero attached hydrogens (tertiary/aromatic N) is 1. The summed E-state index contributed by atoms with van der Waals surface area (Å²) in [5, 5.41) is 0. The first-order chi connectivity index (χ1) is 7.45. The zero-order valence-electron chi connectivity index (χ0n) is 8.79. The van der Waals surface area contributed by atoms with Crippen LogP contribution < -0.4 is 0 Å². The molecule has 2 nitrogen and oxygen atoms in total. The van der Waals surface area contributed by atoms with Gasteiger partial charge in [0.25, 0.3) is 0 Å². The molecule has 78 valence electrons. The third kappa shape index (κ3) is 5.21. The van der Waals surface area contributed by atoms with Crippen LogP contribution in [0.1, 0.15) is 5.56 Å². The topological polar surface area (TPSA) is 12.5 Å². The second kappa shape index (κ2) is 8.40. The maximum atomic E-state index is 5.29. The van der Waals surface area contributed by atoms with Gasteiger partial charge in [-0.25, -0.2) is 0 Å². The van der Waals surface area contributed by atoms with Gasteiger partial charge in [0, 0.05) is 13.1 Å². The fourth-order valence-corrected chi connectivity index (χ4v) is 1.55. The molecule has 1 aliphatic rings. The quantitative estimate of drug-likeness (QED) is 0.611. The van der Waals surface area contributed by atoms with Crippen LogP contribution in [0.5, 0.6) is 0 Å². The zero-order valence-corrected chi connectivity index (χ0v) is 13.3. The molecule has 1 aromatic rings. The van der Waals surface area contributed by atoms with E-state index in [4.69, 9.17) is 4.74 Å². The first kappa shape index (κ1) is 13.3. The SMILES string of the molecule is [Zn+][Br].[c-]1cccc(CN2CCOCC2)c1. The van der Waals surface area contributed by atoms with Crippen LogP contribution in [0.15, 0.2) is 24.3 Å². The predicted molar refractivity (Wildman–Crippen MR) is 60.3 cm³/mol. The molecule has 0 saturated carbocycles. The predicted octanol–water partition coefficient (Wildman–Crippen LogP) is 2.16. The van der Waals surface area contributed by atoms with Crippen LogP contribution in [-0.4, -0.2) is 31.2 Å². The van der Waals surface area contributed by atoms with Gasteiger partial charge in [0.05, 0.1) is 13.2 Å². The van der Waals surface area contributed by atoms with Crippen LogP contribution in [0.2, 0.25) is 0 Å². The van der Waals surface area contributed by atoms with Crippen molar-refractivity contribution in [1.29, 1.82) is 0 Å². The largest absolute Gasteiger partial charge is 0.379 e. The van der Waals surface area contributed by atoms with E-state index in [0.29, 0.717) is 0 Å². The normalized spacial score (nSPS) is 16.7. The standard InChI is InChI=1S/C11H14NO.BrH.Zn/c1-2-4-11(5-3-1)10-12-6-8-13-9-7-12;;/h1-2,4-5H,6-10H2;1H;/q-1;;+2/p-1. The van der Waals surface area contributed by atoms with E-state index in [1.165, 1.54) is 21.9 Å². The summed E-state index contributed by atoms with van der Waals surface area (Å²) in [6.07, 6.45) is 0. The van der Waals surface area contributed by atoms with Crippen molar-refractivity contribution in [3.05, 3.63) is 35.9 Å². The molecular weight excluding hydrogens is 307 g/mol. The summed E-state index contributed by atoms with van der Waals surface area (Å²) >= 11 is 4.25. The second-order valence-corrected chi connectivity index (χ2v) is 3.30. The van der Waals surface area contributed by atoms with Crippen molar-refractivity contribution in [2.45, 2.75) is 6.54 Å². The molecule has 1 aromatic carbocycles. The maximum absolute atomic E-state index is 5.29. The maximum Gasteiger partial charge on any atom is 0.0593 e. The van der Waals surface area contributed by atoms with Crippen molar-refractivity contribution in [1.82, 2.24) is 4.90 Å². The number of hydrogen-bond donors (Lipinski definition) is 0. The summed E-state index contributed by atoms with van der Waals surface area (Å²) in [5.41, 5.74) is 1.34. The first-order valence-electron chi connectivity index (χ1n) is 4.97. The number of hydrogen-bond acceptors (Lipinski definition) is 2. The van der Waals surface area contributed by atoms with Gasteiger partial charge in [-0.2, -0.15) is 30.3 Å². The average Bonchev–Trinajstić information content (AvgIpc) is 2.34. The molecule has 4 heteroatoms. The van der Waals surface area contributed by atoms with E-state index in [0.717, 1.165) is 32.8 Å². The molecule has 15 heavy (non-hydrogen) atoms. The number of benzene rings is 1. The van der Waals surface area contributed by atoms with Gasteiger partial charge in [0.1, 0.15) is 0 Å². The number of morpholine rings is 1. The van der Waals surface area contributed by atoms with Gasteiger partial charge in [-0.3, -0.25) is 0 Å². The van der Waals surface area contributed by atoms with Gasteiger partial charge >= 0.3 is 30.0 Å². The van der Waals surface area contributed by atoms with E-state index >= 15 is 0 Å². The molecule has 1 fully saturated rings. The van der Waals surface area contributed by atoms with Gasteiger partial charge in [-0.15, -0.1) is 5.56 Å². The molecule has 0 aliphatic carbocycles. The molecule has 1 aliphatic heterocycles. The van der Waals surface area contributed by atoms with E-state index in [-0.39, 0.29) is 0 Å².